The molecule has 5 N–H and O–H groups in total. The third kappa shape index (κ3) is 10.8. The molecule has 1 heterocycles. The van der Waals surface area contributed by atoms with Gasteiger partial charge in [0.05, 0.1) is 12.1 Å². The van der Waals surface area contributed by atoms with Crippen molar-refractivity contribution in [3.8, 4) is 6.01 Å². The van der Waals surface area contributed by atoms with Gasteiger partial charge in [-0.05, 0) is 80.3 Å². The number of aromatic nitrogens is 3. The molecule has 4 aromatic rings. The first-order valence-corrected chi connectivity index (χ1v) is 16.6. The third-order valence-corrected chi connectivity index (χ3v) is 8.18. The molecule has 0 bridgehead atoms. The maximum atomic E-state index is 12.9. The molecule has 274 valence electrons. The summed E-state index contributed by atoms with van der Waals surface area (Å²) in [5, 5.41) is 21.4. The van der Waals surface area contributed by atoms with Gasteiger partial charge in [-0.1, -0.05) is 41.4 Å². The minimum absolute atomic E-state index is 0.00396. The van der Waals surface area contributed by atoms with Crippen LogP contribution in [0.4, 0.5) is 36.4 Å². The van der Waals surface area contributed by atoms with E-state index in [2.05, 4.69) is 36.2 Å². The lowest BCUT2D eigenvalue weighted by molar-refractivity contribution is -0.154. The first kappa shape index (κ1) is 37.8. The summed E-state index contributed by atoms with van der Waals surface area (Å²) in [4.78, 5) is 51.6. The van der Waals surface area contributed by atoms with Gasteiger partial charge in [0.25, 0.3) is 5.91 Å². The Morgan fingerprint density at radius 1 is 0.904 bits per heavy atom. The van der Waals surface area contributed by atoms with Crippen LogP contribution in [-0.2, 0) is 15.1 Å². The van der Waals surface area contributed by atoms with Crippen LogP contribution in [0.3, 0.4) is 0 Å². The highest BCUT2D eigenvalue weighted by atomic mass is 35.5. The Balaban J connectivity index is 1.16. The fourth-order valence-electron chi connectivity index (χ4n) is 5.08. The van der Waals surface area contributed by atoms with Crippen molar-refractivity contribution in [2.24, 2.45) is 0 Å². The number of carbonyl (C=O) groups excluding carboxylic acids is 3. The van der Waals surface area contributed by atoms with E-state index in [9.17, 15) is 32.7 Å². The number of ether oxygens (including phenoxy) is 1. The number of aliphatic hydroxyl groups is 1. The first-order chi connectivity index (χ1) is 24.8. The Hall–Kier alpha value is -5.48. The molecule has 1 aromatic heterocycles. The molecule has 0 aliphatic heterocycles. The molecule has 3 amide bonds. The number of carbonyl (C=O) groups is 3. The predicted octanol–water partition coefficient (Wildman–Crippen LogP) is 5.20. The summed E-state index contributed by atoms with van der Waals surface area (Å²) < 4.78 is 43.6. The first-order valence-electron chi connectivity index (χ1n) is 16.3. The zero-order chi connectivity index (χ0) is 37.3. The van der Waals surface area contributed by atoms with Crippen molar-refractivity contribution in [3.63, 3.8) is 0 Å². The van der Waals surface area contributed by atoms with E-state index >= 15 is 0 Å². The summed E-state index contributed by atoms with van der Waals surface area (Å²) in [5.41, 5.74) is 2.58. The highest BCUT2D eigenvalue weighted by Gasteiger charge is 2.45. The number of rotatable bonds is 15. The van der Waals surface area contributed by atoms with Crippen molar-refractivity contribution < 1.29 is 37.4 Å². The molecule has 5 rings (SSSR count). The molecule has 17 heteroatoms. The number of hydrogen-bond acceptors (Lipinski definition) is 10. The highest BCUT2D eigenvalue weighted by Crippen LogP contribution is 2.48. The van der Waals surface area contributed by atoms with Gasteiger partial charge in [-0.2, -0.15) is 28.1 Å². The van der Waals surface area contributed by atoms with Crippen LogP contribution in [0.2, 0.25) is 5.02 Å². The molecule has 3 aromatic carbocycles. The van der Waals surface area contributed by atoms with Gasteiger partial charge in [0.15, 0.2) is 6.61 Å². The van der Waals surface area contributed by atoms with E-state index in [1.807, 2.05) is 19.1 Å². The van der Waals surface area contributed by atoms with E-state index in [0.29, 0.717) is 28.4 Å². The van der Waals surface area contributed by atoms with Crippen LogP contribution >= 0.6 is 11.6 Å². The maximum absolute atomic E-state index is 12.9. The largest absolute Gasteiger partial charge is 0.454 e. The van der Waals surface area contributed by atoms with Gasteiger partial charge in [0.1, 0.15) is 0 Å². The molecular formula is C35H36ClF3N8O5. The Morgan fingerprint density at radius 3 is 2.19 bits per heavy atom. The Kier molecular flexibility index (Phi) is 12.1. The second-order valence-electron chi connectivity index (χ2n) is 12.0. The maximum Gasteiger partial charge on any atom is 0.422 e. The monoisotopic (exact) mass is 740 g/mol. The second-order valence-corrected chi connectivity index (χ2v) is 12.5. The van der Waals surface area contributed by atoms with Crippen molar-refractivity contribution in [1.82, 2.24) is 25.2 Å². The number of nitrogens with zero attached hydrogens (tertiary/aromatic N) is 4. The number of hydrogen-bond donors (Lipinski definition) is 5. The number of anilines is 4. The molecule has 52 heavy (non-hydrogen) atoms. The number of amides is 3. The standard InChI is InChI=1S/C35H36ClF3N8O5/c1-22-3-11-26(12-4-22)41-29(50)30(51)47(19-20-48)18-2-17-40-28(49)23-5-13-27(14-6-23)42-31-43-32(45-33(44-31)52-21-35(37,38)39)46-34(15-16-34)24-7-9-25(36)10-8-24/h3-14,48H,2,15-21H2,1H3,(H,40,49)(H,41,50)(H2,42,43,44,45,46). The van der Waals surface area contributed by atoms with Gasteiger partial charge in [0.2, 0.25) is 11.9 Å². The van der Waals surface area contributed by atoms with Crippen LogP contribution in [0.15, 0.2) is 72.8 Å². The van der Waals surface area contributed by atoms with Crippen molar-refractivity contribution in [2.45, 2.75) is 37.9 Å². The lowest BCUT2D eigenvalue weighted by Crippen LogP contribution is -2.42. The fourth-order valence-corrected chi connectivity index (χ4v) is 5.21. The molecular weight excluding hydrogens is 705 g/mol. The summed E-state index contributed by atoms with van der Waals surface area (Å²) in [6.45, 7) is 0.188. The van der Waals surface area contributed by atoms with Gasteiger partial charge in [-0.25, -0.2) is 0 Å². The predicted molar refractivity (Wildman–Crippen MR) is 188 cm³/mol. The van der Waals surface area contributed by atoms with Crippen molar-refractivity contribution in [1.29, 1.82) is 0 Å². The van der Waals surface area contributed by atoms with E-state index in [0.717, 1.165) is 24.0 Å². The van der Waals surface area contributed by atoms with Crippen LogP contribution in [0.5, 0.6) is 6.01 Å². The average Bonchev–Trinajstić information content (AvgIpc) is 3.89. The second kappa shape index (κ2) is 16.7. The van der Waals surface area contributed by atoms with Gasteiger partial charge in [-0.15, -0.1) is 0 Å². The number of aryl methyl sites for hydroxylation is 1. The molecule has 0 spiro atoms. The van der Waals surface area contributed by atoms with Crippen LogP contribution < -0.4 is 26.0 Å². The summed E-state index contributed by atoms with van der Waals surface area (Å²) >= 11 is 6.03. The molecule has 1 fully saturated rings. The normalized spacial score (nSPS) is 13.1. The van der Waals surface area contributed by atoms with Gasteiger partial charge in [0, 0.05) is 41.6 Å². The van der Waals surface area contributed by atoms with Crippen LogP contribution in [0, 0.1) is 6.92 Å². The van der Waals surface area contributed by atoms with Crippen molar-refractivity contribution >= 4 is 52.6 Å². The number of benzene rings is 3. The van der Waals surface area contributed by atoms with E-state index in [-0.39, 0.29) is 38.1 Å². The zero-order valence-electron chi connectivity index (χ0n) is 28.0. The number of halogens is 4. The molecule has 0 atom stereocenters. The number of aliphatic hydroxyl groups excluding tert-OH is 1. The topological polar surface area (TPSA) is 171 Å². The van der Waals surface area contributed by atoms with Crippen molar-refractivity contribution in [2.75, 3.05) is 48.8 Å². The van der Waals surface area contributed by atoms with Crippen LogP contribution in [0.25, 0.3) is 0 Å². The molecule has 1 aliphatic rings. The Bertz CT molecular complexity index is 1860. The minimum atomic E-state index is -4.61. The molecule has 0 saturated heterocycles. The minimum Gasteiger partial charge on any atom is -0.454 e. The summed E-state index contributed by atoms with van der Waals surface area (Å²) in [6.07, 6.45) is -2.84. The van der Waals surface area contributed by atoms with Crippen molar-refractivity contribution in [3.05, 3.63) is 94.5 Å². The van der Waals surface area contributed by atoms with Gasteiger partial charge >= 0.3 is 24.0 Å². The van der Waals surface area contributed by atoms with Gasteiger partial charge in [-0.3, -0.25) is 14.4 Å². The summed E-state index contributed by atoms with van der Waals surface area (Å²) in [5.74, 6) is -2.14. The third-order valence-electron chi connectivity index (χ3n) is 7.93. The van der Waals surface area contributed by atoms with Crippen LogP contribution in [-0.4, -0.2) is 81.7 Å². The lowest BCUT2D eigenvalue weighted by Gasteiger charge is -2.21. The SMILES string of the molecule is Cc1ccc(NC(=O)C(=O)N(CCO)CCCNC(=O)c2ccc(Nc3nc(NC4(c5ccc(Cl)cc5)CC4)nc(OCC(F)(F)F)n3)cc2)cc1. The van der Waals surface area contributed by atoms with Crippen LogP contribution in [0.1, 0.15) is 40.7 Å². The summed E-state index contributed by atoms with van der Waals surface area (Å²) in [7, 11) is 0. The van der Waals surface area contributed by atoms with E-state index in [4.69, 9.17) is 16.3 Å². The number of alkyl halides is 3. The highest BCUT2D eigenvalue weighted by molar-refractivity contribution is 6.39. The molecule has 1 saturated carbocycles. The molecule has 0 unspecified atom stereocenters. The Labute approximate surface area is 302 Å². The van der Waals surface area contributed by atoms with Gasteiger partial charge < -0.3 is 36.0 Å². The zero-order valence-corrected chi connectivity index (χ0v) is 28.7. The van der Waals surface area contributed by atoms with E-state index in [1.54, 1.807) is 48.5 Å². The quantitative estimate of drug-likeness (QED) is 0.0807. The Morgan fingerprint density at radius 2 is 1.56 bits per heavy atom. The number of nitrogens with one attached hydrogen (secondary N) is 4. The van der Waals surface area contributed by atoms with E-state index in [1.165, 1.54) is 17.0 Å². The average molecular weight is 741 g/mol. The lowest BCUT2D eigenvalue weighted by atomic mass is 10.1. The van der Waals surface area contributed by atoms with E-state index < -0.39 is 42.1 Å². The molecule has 13 nitrogen and oxygen atoms in total. The summed E-state index contributed by atoms with van der Waals surface area (Å²) in [6, 6.07) is 19.8. The molecule has 1 aliphatic carbocycles. The smallest absolute Gasteiger partial charge is 0.422 e. The molecule has 0 radical (unpaired) electrons. The fraction of sp³-hybridized carbons (Fsp3) is 0.314.